The number of hydrogen-bond donors (Lipinski definition) is 0. The standard InChI is InChI=1S/C57H49/c1-56(2,3)46-30-31-48-45(35-46)36-51-50(48)37-52(53(40-24-15-9-16-25-40)41-26-17-10-18-27-41)55(57(4,5)6)54(51)49-29-19-28-47(49)44-33-42(38-20-11-7-12-21-38)32-43(34-44)39-22-13-8-14-23-39/h7-28,30-35,37H,29H2,1-6H3. The Bertz CT molecular complexity index is 2720. The molecule has 1 radical (unpaired) electrons. The molecule has 0 amide bonds. The van der Waals surface area contributed by atoms with E-state index in [4.69, 9.17) is 0 Å². The molecule has 2 aliphatic carbocycles. The number of benzene rings is 7. The smallest absolute Gasteiger partial charge is 0.000731 e. The molecule has 0 bridgehead atoms. The highest BCUT2D eigenvalue weighted by atomic mass is 14.3. The zero-order valence-electron chi connectivity index (χ0n) is 34.0. The minimum absolute atomic E-state index is 0.0307. The molecule has 0 heterocycles. The van der Waals surface area contributed by atoms with Gasteiger partial charge in [0, 0.05) is 0 Å². The first-order valence-electron chi connectivity index (χ1n) is 20.3. The number of allylic oxidation sites excluding steroid dienone is 4. The van der Waals surface area contributed by atoms with Crippen LogP contribution in [0, 0.1) is 0 Å². The molecule has 7 aromatic carbocycles. The van der Waals surface area contributed by atoms with Crippen LogP contribution in [0.3, 0.4) is 0 Å². The van der Waals surface area contributed by atoms with Gasteiger partial charge in [0.05, 0.1) is 0 Å². The minimum atomic E-state index is -0.205. The Kier molecular flexibility index (Phi) is 9.17. The van der Waals surface area contributed by atoms with Gasteiger partial charge in [-0.1, -0.05) is 187 Å². The molecule has 0 aliphatic heterocycles. The maximum atomic E-state index is 4.07. The highest BCUT2D eigenvalue weighted by Gasteiger charge is 2.31. The predicted octanol–water partition coefficient (Wildman–Crippen LogP) is 13.4. The van der Waals surface area contributed by atoms with Crippen LogP contribution in [-0.4, -0.2) is 0 Å². The van der Waals surface area contributed by atoms with Crippen LogP contribution >= 0.6 is 0 Å². The van der Waals surface area contributed by atoms with Crippen LogP contribution in [0.2, 0.25) is 0 Å². The minimum Gasteiger partial charge on any atom is -0.0795 e. The quantitative estimate of drug-likeness (QED) is 0.160. The molecule has 0 aromatic heterocycles. The third-order valence-electron chi connectivity index (χ3n) is 11.6. The lowest BCUT2D eigenvalue weighted by atomic mass is 9.75. The summed E-state index contributed by atoms with van der Waals surface area (Å²) >= 11 is 0. The summed E-state index contributed by atoms with van der Waals surface area (Å²) in [6.07, 6.45) is 9.66. The van der Waals surface area contributed by atoms with Crippen molar-refractivity contribution >= 4 is 22.8 Å². The zero-order chi connectivity index (χ0) is 39.3. The lowest BCUT2D eigenvalue weighted by Gasteiger charge is -2.28. The predicted molar refractivity (Wildman–Crippen MR) is 243 cm³/mol. The summed E-state index contributed by atoms with van der Waals surface area (Å²) in [6, 6.07) is 60.3. The lowest BCUT2D eigenvalue weighted by molar-refractivity contribution is 0.583. The van der Waals surface area contributed by atoms with Crippen molar-refractivity contribution in [2.24, 2.45) is 0 Å². The zero-order valence-corrected chi connectivity index (χ0v) is 34.0. The Labute approximate surface area is 338 Å². The average Bonchev–Trinajstić information content (AvgIpc) is 3.86. The highest BCUT2D eigenvalue weighted by molar-refractivity contribution is 6.03. The molecule has 7 aromatic rings. The van der Waals surface area contributed by atoms with Crippen LogP contribution < -0.4 is 10.4 Å². The van der Waals surface area contributed by atoms with E-state index in [-0.39, 0.29) is 10.8 Å². The van der Waals surface area contributed by atoms with Gasteiger partial charge in [-0.25, -0.2) is 0 Å². The van der Waals surface area contributed by atoms with Gasteiger partial charge in [-0.05, 0) is 153 Å². The Hall–Kier alpha value is -6.24. The first-order valence-corrected chi connectivity index (χ1v) is 20.3. The molecule has 0 saturated heterocycles. The summed E-state index contributed by atoms with van der Waals surface area (Å²) < 4.78 is 0. The van der Waals surface area contributed by atoms with Gasteiger partial charge in [-0.2, -0.15) is 0 Å². The fraction of sp³-hybridized carbons (Fsp3) is 0.158. The maximum absolute atomic E-state index is 4.07. The van der Waals surface area contributed by atoms with Crippen molar-refractivity contribution in [3.8, 4) is 33.4 Å². The van der Waals surface area contributed by atoms with Crippen LogP contribution in [0.5, 0.6) is 0 Å². The Morgan fingerprint density at radius 1 is 0.491 bits per heavy atom. The second-order valence-corrected chi connectivity index (χ2v) is 17.6. The normalized spacial score (nSPS) is 13.4. The van der Waals surface area contributed by atoms with E-state index < -0.39 is 0 Å². The van der Waals surface area contributed by atoms with Gasteiger partial charge in [0.25, 0.3) is 0 Å². The number of rotatable bonds is 6. The van der Waals surface area contributed by atoms with Gasteiger partial charge in [-0.15, -0.1) is 0 Å². The van der Waals surface area contributed by atoms with Crippen LogP contribution in [-0.2, 0) is 10.8 Å². The molecule has 9 rings (SSSR count). The van der Waals surface area contributed by atoms with E-state index in [0.717, 1.165) is 6.42 Å². The summed E-state index contributed by atoms with van der Waals surface area (Å²) in [6.45, 7) is 14.1. The van der Waals surface area contributed by atoms with Crippen LogP contribution in [0.1, 0.15) is 86.9 Å². The second kappa shape index (κ2) is 14.4. The molecule has 0 N–H and O–H groups in total. The molecule has 2 aliphatic rings. The van der Waals surface area contributed by atoms with E-state index in [0.29, 0.717) is 0 Å². The van der Waals surface area contributed by atoms with Gasteiger partial charge in [0.15, 0.2) is 0 Å². The van der Waals surface area contributed by atoms with Crippen LogP contribution in [0.25, 0.3) is 56.2 Å². The summed E-state index contributed by atoms with van der Waals surface area (Å²) in [5, 5.41) is 2.49. The van der Waals surface area contributed by atoms with Gasteiger partial charge in [-0.3, -0.25) is 0 Å². The van der Waals surface area contributed by atoms with Crippen molar-refractivity contribution in [1.82, 2.24) is 0 Å². The Morgan fingerprint density at radius 3 is 1.54 bits per heavy atom. The van der Waals surface area contributed by atoms with Crippen molar-refractivity contribution in [2.75, 3.05) is 0 Å². The van der Waals surface area contributed by atoms with Crippen molar-refractivity contribution in [3.63, 3.8) is 0 Å². The molecular formula is C57H49. The monoisotopic (exact) mass is 733 g/mol. The summed E-state index contributed by atoms with van der Waals surface area (Å²) in [7, 11) is 0. The van der Waals surface area contributed by atoms with Gasteiger partial charge in [0.1, 0.15) is 0 Å². The fourth-order valence-electron chi connectivity index (χ4n) is 8.86. The largest absolute Gasteiger partial charge is 0.0795 e. The third kappa shape index (κ3) is 6.85. The molecule has 57 heavy (non-hydrogen) atoms. The summed E-state index contributed by atoms with van der Waals surface area (Å²) in [4.78, 5) is 0. The van der Waals surface area contributed by atoms with Crippen molar-refractivity contribution in [1.29, 1.82) is 0 Å². The fourth-order valence-corrected chi connectivity index (χ4v) is 8.86. The summed E-state index contributed by atoms with van der Waals surface area (Å²) in [5.74, 6) is 0. The molecule has 0 fully saturated rings. The SMILES string of the molecule is CC(C)(C)c1ccc2c(c1)[C]=c1c-2cc(=C(c2ccccc2)c2ccccc2)c(C(C)(C)C)c1C1=C(c2cc(-c3ccccc3)cc(-c3ccccc3)c2)C=CC1. The molecule has 0 nitrogen and oxygen atoms in total. The van der Waals surface area contributed by atoms with E-state index in [1.165, 1.54) is 99.5 Å². The molecule has 277 valence electrons. The van der Waals surface area contributed by atoms with Gasteiger partial charge in [0.2, 0.25) is 0 Å². The first kappa shape index (κ1) is 36.4. The van der Waals surface area contributed by atoms with Crippen molar-refractivity contribution in [3.05, 3.63) is 225 Å². The molecule has 0 spiro atoms. The van der Waals surface area contributed by atoms with Crippen LogP contribution in [0.15, 0.2) is 176 Å². The van der Waals surface area contributed by atoms with Gasteiger partial charge < -0.3 is 0 Å². The first-order chi connectivity index (χ1) is 27.5. The third-order valence-corrected chi connectivity index (χ3v) is 11.6. The maximum Gasteiger partial charge on any atom is -0.000731 e. The molecule has 0 atom stereocenters. The van der Waals surface area contributed by atoms with Gasteiger partial charge >= 0.3 is 0 Å². The van der Waals surface area contributed by atoms with E-state index in [9.17, 15) is 0 Å². The molecule has 0 heteroatoms. The molecule has 0 saturated carbocycles. The number of hydrogen-bond acceptors (Lipinski definition) is 0. The topological polar surface area (TPSA) is 0 Å². The van der Waals surface area contributed by atoms with Crippen molar-refractivity contribution in [2.45, 2.75) is 58.8 Å². The lowest BCUT2D eigenvalue weighted by Crippen LogP contribution is -2.32. The highest BCUT2D eigenvalue weighted by Crippen LogP contribution is 2.43. The molecule has 0 unspecified atom stereocenters. The van der Waals surface area contributed by atoms with E-state index in [1.54, 1.807) is 0 Å². The van der Waals surface area contributed by atoms with E-state index in [2.05, 4.69) is 224 Å². The van der Waals surface area contributed by atoms with E-state index >= 15 is 0 Å². The van der Waals surface area contributed by atoms with E-state index in [1.807, 2.05) is 0 Å². The Morgan fingerprint density at radius 2 is 1.02 bits per heavy atom. The second-order valence-electron chi connectivity index (χ2n) is 17.6. The van der Waals surface area contributed by atoms with Crippen molar-refractivity contribution < 1.29 is 0 Å². The average molecular weight is 734 g/mol. The summed E-state index contributed by atoms with van der Waals surface area (Å²) in [5.41, 5.74) is 20.0. The Balaban J connectivity index is 1.43. The molecular weight excluding hydrogens is 685 g/mol. The van der Waals surface area contributed by atoms with Crippen LogP contribution in [0.4, 0.5) is 0 Å². The number of fused-ring (bicyclic) bond motifs is 3.